The van der Waals surface area contributed by atoms with Crippen LogP contribution in [0.3, 0.4) is 0 Å². The highest BCUT2D eigenvalue weighted by Gasteiger charge is 2.62. The van der Waals surface area contributed by atoms with Gasteiger partial charge in [-0.2, -0.15) is 4.98 Å². The standard InChI is InChI=1S/C25H16N4O5S2/c30-23-25(10-11-25)22-29-21-20(34-36(22)23)27-17(35-21)9-8-16-18(15-7-4-12-26-19(15)33-16)28-24(31)32-13-14-5-2-1-3-6-14/h1-7,12,30H,10-11,13H2,(H,28,31). The number of rotatable bonds is 3. The summed E-state index contributed by atoms with van der Waals surface area (Å²) in [5.41, 5.74) is 1.33. The highest BCUT2D eigenvalue weighted by Crippen LogP contribution is 2.64. The molecule has 36 heavy (non-hydrogen) atoms. The average molecular weight is 517 g/mol. The molecule has 178 valence electrons. The first-order valence-corrected chi connectivity index (χ1v) is 13.0. The van der Waals surface area contributed by atoms with Crippen LogP contribution < -0.4 is 9.50 Å². The number of benzene rings is 1. The van der Waals surface area contributed by atoms with Crippen molar-refractivity contribution in [2.45, 2.75) is 19.4 Å². The molecule has 0 radical (unpaired) electrons. The quantitative estimate of drug-likeness (QED) is 0.272. The van der Waals surface area contributed by atoms with Gasteiger partial charge in [-0.15, -0.1) is 0 Å². The summed E-state index contributed by atoms with van der Waals surface area (Å²) in [5.74, 6) is 6.52. The Morgan fingerprint density at radius 1 is 1.22 bits per heavy atom. The zero-order chi connectivity index (χ0) is 24.3. The van der Waals surface area contributed by atoms with E-state index in [1.54, 1.807) is 18.3 Å². The molecule has 4 aromatic rings. The first kappa shape index (κ1) is 21.3. The Labute approximate surface area is 210 Å². The van der Waals surface area contributed by atoms with Gasteiger partial charge in [-0.3, -0.25) is 5.32 Å². The maximum Gasteiger partial charge on any atom is 0.412 e. The first-order valence-electron chi connectivity index (χ1n) is 11.1. The molecule has 1 aromatic carbocycles. The second-order valence-corrected chi connectivity index (χ2v) is 10.8. The highest BCUT2D eigenvalue weighted by molar-refractivity contribution is 8.27. The number of aliphatic hydroxyl groups is 1. The second kappa shape index (κ2) is 8.03. The molecule has 0 saturated heterocycles. The summed E-state index contributed by atoms with van der Waals surface area (Å²) < 4.78 is 17.0. The zero-order valence-electron chi connectivity index (χ0n) is 18.5. The van der Waals surface area contributed by atoms with Crippen molar-refractivity contribution in [2.24, 2.45) is 10.4 Å². The molecule has 1 aliphatic carbocycles. The smallest absolute Gasteiger partial charge is 0.412 e. The van der Waals surface area contributed by atoms with E-state index in [2.05, 4.69) is 27.1 Å². The number of carbonyl (C=O) groups is 1. The molecule has 1 unspecified atom stereocenters. The molecule has 1 amide bonds. The van der Waals surface area contributed by atoms with Gasteiger partial charge in [0.25, 0.3) is 5.88 Å². The van der Waals surface area contributed by atoms with E-state index in [0.29, 0.717) is 37.7 Å². The molecule has 3 aliphatic rings. The molecule has 1 fully saturated rings. The molecule has 2 N–H and O–H groups in total. The summed E-state index contributed by atoms with van der Waals surface area (Å²) in [6.07, 6.45) is 2.79. The van der Waals surface area contributed by atoms with Crippen molar-refractivity contribution in [3.05, 3.63) is 65.0 Å². The molecule has 2 aliphatic heterocycles. The number of nitrogens with zero attached hydrogens (tertiary/aromatic N) is 3. The minimum Gasteiger partial charge on any atom is -0.444 e. The van der Waals surface area contributed by atoms with Gasteiger partial charge in [0.2, 0.25) is 11.5 Å². The Morgan fingerprint density at radius 2 is 2.08 bits per heavy atom. The summed E-state index contributed by atoms with van der Waals surface area (Å²) in [5, 5.41) is 16.0. The number of fused-ring (bicyclic) bond motifs is 4. The van der Waals surface area contributed by atoms with E-state index in [-0.39, 0.29) is 17.8 Å². The molecule has 1 atom stereocenters. The van der Waals surface area contributed by atoms with E-state index >= 15 is 0 Å². The Bertz CT molecular complexity index is 1690. The second-order valence-electron chi connectivity index (χ2n) is 8.38. The molecule has 0 bridgehead atoms. The van der Waals surface area contributed by atoms with E-state index in [0.717, 1.165) is 23.4 Å². The zero-order valence-corrected chi connectivity index (χ0v) is 20.1. The first-order chi connectivity index (χ1) is 17.6. The number of aliphatic hydroxyl groups excluding tert-OH is 1. The minimum atomic E-state index is -0.801. The van der Waals surface area contributed by atoms with Crippen LogP contribution in [0.15, 0.2) is 58.1 Å². The lowest BCUT2D eigenvalue weighted by atomic mass is 10.1. The van der Waals surface area contributed by atoms with Gasteiger partial charge in [0, 0.05) is 6.20 Å². The van der Waals surface area contributed by atoms with Crippen LogP contribution in [0.5, 0.6) is 5.88 Å². The number of aliphatic imine (C=N–C) groups is 1. The fraction of sp³-hybridized carbons (Fsp3) is 0.160. The van der Waals surface area contributed by atoms with Gasteiger partial charge >= 0.3 is 6.09 Å². The van der Waals surface area contributed by atoms with E-state index < -0.39 is 16.9 Å². The van der Waals surface area contributed by atoms with Crippen LogP contribution in [-0.2, 0) is 11.3 Å². The molecule has 9 nitrogen and oxygen atoms in total. The summed E-state index contributed by atoms with van der Waals surface area (Å²) in [6.45, 7) is 0.130. The van der Waals surface area contributed by atoms with E-state index in [1.165, 1.54) is 11.3 Å². The van der Waals surface area contributed by atoms with Crippen molar-refractivity contribution in [2.75, 3.05) is 5.32 Å². The predicted molar refractivity (Wildman–Crippen MR) is 137 cm³/mol. The number of hydrogen-bond donors (Lipinski definition) is 2. The molecular weight excluding hydrogens is 500 g/mol. The average Bonchev–Trinajstić information content (AvgIpc) is 3.55. The molecule has 1 spiro atoms. The number of carbonyl (C=O) groups excluding carboxylic acids is 1. The third-order valence-corrected chi connectivity index (χ3v) is 8.80. The summed E-state index contributed by atoms with van der Waals surface area (Å²) in [6, 6.07) is 12.9. The third-order valence-electron chi connectivity index (χ3n) is 6.05. The number of amides is 1. The van der Waals surface area contributed by atoms with Crippen LogP contribution in [0.2, 0.25) is 0 Å². The van der Waals surface area contributed by atoms with Gasteiger partial charge in [-0.1, -0.05) is 41.7 Å². The lowest BCUT2D eigenvalue weighted by molar-refractivity contribution is 0.155. The van der Waals surface area contributed by atoms with Crippen LogP contribution in [0.4, 0.5) is 15.5 Å². The number of thiazole rings is 1. The van der Waals surface area contributed by atoms with Crippen molar-refractivity contribution in [1.29, 1.82) is 0 Å². The Balaban J connectivity index is 1.16. The van der Waals surface area contributed by atoms with Gasteiger partial charge in [0.15, 0.2) is 10.0 Å². The molecule has 7 rings (SSSR count). The van der Waals surface area contributed by atoms with Gasteiger partial charge in [0.1, 0.15) is 22.4 Å². The van der Waals surface area contributed by atoms with Gasteiger partial charge < -0.3 is 18.4 Å². The fourth-order valence-corrected chi connectivity index (χ4v) is 6.82. The number of nitrogens with one attached hydrogen (secondary N) is 1. The van der Waals surface area contributed by atoms with E-state index in [4.69, 9.17) is 18.3 Å². The van der Waals surface area contributed by atoms with Crippen molar-refractivity contribution in [3.63, 3.8) is 0 Å². The SMILES string of the molecule is O=C(Nc1c(C#Cc2nc3c(s2)N=C2S(=C(O)C24CC4)O3)oc2ncccc12)OCc1ccccc1. The van der Waals surface area contributed by atoms with Gasteiger partial charge in [-0.05, 0) is 42.4 Å². The lowest BCUT2D eigenvalue weighted by Gasteiger charge is -2.33. The highest BCUT2D eigenvalue weighted by atomic mass is 32.2. The number of aromatic nitrogens is 2. The third kappa shape index (κ3) is 3.42. The van der Waals surface area contributed by atoms with Gasteiger partial charge in [-0.25, -0.2) is 14.8 Å². The van der Waals surface area contributed by atoms with Crippen molar-refractivity contribution in [3.8, 4) is 17.7 Å². The normalized spacial score (nSPS) is 18.2. The molecular formula is C25H16N4O5S2. The van der Waals surface area contributed by atoms with Crippen LogP contribution in [0.1, 0.15) is 29.2 Å². The molecule has 1 saturated carbocycles. The lowest BCUT2D eigenvalue weighted by Crippen LogP contribution is -2.38. The Hall–Kier alpha value is -3.98. The Kier molecular flexibility index (Phi) is 4.75. The predicted octanol–water partition coefficient (Wildman–Crippen LogP) is 5.52. The molecule has 11 heteroatoms. The van der Waals surface area contributed by atoms with Crippen molar-refractivity contribution >= 4 is 60.1 Å². The Morgan fingerprint density at radius 3 is 2.92 bits per heavy atom. The van der Waals surface area contributed by atoms with Gasteiger partial charge in [0.05, 0.1) is 21.6 Å². The number of furan rings is 1. The number of hydrogen-bond acceptors (Lipinski definition) is 8. The molecule has 5 heterocycles. The van der Waals surface area contributed by atoms with Crippen molar-refractivity contribution < 1.29 is 23.2 Å². The fourth-order valence-electron chi connectivity index (χ4n) is 4.04. The largest absolute Gasteiger partial charge is 0.444 e. The maximum atomic E-state index is 12.5. The van der Waals surface area contributed by atoms with Crippen molar-refractivity contribution in [1.82, 2.24) is 9.97 Å². The molecule has 3 aromatic heterocycles. The number of anilines is 1. The summed E-state index contributed by atoms with van der Waals surface area (Å²) in [7, 11) is -0.801. The van der Waals surface area contributed by atoms with E-state index in [9.17, 15) is 9.90 Å². The summed E-state index contributed by atoms with van der Waals surface area (Å²) >= 11 is 1.30. The maximum absolute atomic E-state index is 12.5. The topological polar surface area (TPSA) is 119 Å². The van der Waals surface area contributed by atoms with E-state index in [1.807, 2.05) is 30.3 Å². The summed E-state index contributed by atoms with van der Waals surface area (Å²) in [4.78, 5) is 25.9. The van der Waals surface area contributed by atoms with Crippen LogP contribution in [0, 0.1) is 17.3 Å². The number of pyridine rings is 1. The number of ether oxygens (including phenoxy) is 1. The van der Waals surface area contributed by atoms with Crippen LogP contribution in [-0.4, -0.2) is 31.3 Å². The monoisotopic (exact) mass is 516 g/mol. The van der Waals surface area contributed by atoms with Crippen LogP contribution in [0.25, 0.3) is 11.1 Å². The van der Waals surface area contributed by atoms with Crippen LogP contribution >= 0.6 is 22.1 Å². The minimum absolute atomic E-state index is 0.130.